The molecule has 1 aromatic heterocycles. The lowest BCUT2D eigenvalue weighted by Crippen LogP contribution is -2.22. The van der Waals surface area contributed by atoms with Crippen molar-refractivity contribution in [2.45, 2.75) is 46.1 Å². The first-order valence-electron chi connectivity index (χ1n) is 5.03. The van der Waals surface area contributed by atoms with Crippen LogP contribution in [-0.4, -0.2) is 16.1 Å². The van der Waals surface area contributed by atoms with Crippen molar-refractivity contribution >= 4 is 11.5 Å². The highest BCUT2D eigenvalue weighted by molar-refractivity contribution is 7.05. The van der Waals surface area contributed by atoms with Gasteiger partial charge in [-0.1, -0.05) is 32.2 Å². The van der Waals surface area contributed by atoms with Crippen LogP contribution in [0, 0.1) is 0 Å². The fraction of sp³-hybridized carbons (Fsp3) is 0.800. The van der Waals surface area contributed by atoms with Gasteiger partial charge in [-0.15, -0.1) is 5.10 Å². The molecule has 1 unspecified atom stereocenters. The maximum atomic E-state index is 4.22. The second-order valence-electron chi connectivity index (χ2n) is 4.52. The van der Waals surface area contributed by atoms with Gasteiger partial charge in [0.25, 0.3) is 0 Å². The van der Waals surface area contributed by atoms with E-state index < -0.39 is 0 Å². The molecule has 1 rings (SSSR count). The Bertz CT molecular complexity index is 288. The van der Waals surface area contributed by atoms with E-state index in [0.717, 1.165) is 12.2 Å². The molecule has 0 saturated heterocycles. The zero-order valence-corrected chi connectivity index (χ0v) is 10.4. The summed E-state index contributed by atoms with van der Waals surface area (Å²) < 4.78 is 4.04. The molecule has 14 heavy (non-hydrogen) atoms. The molecule has 0 amide bonds. The van der Waals surface area contributed by atoms with Gasteiger partial charge in [0.1, 0.15) is 0 Å². The highest BCUT2D eigenvalue weighted by atomic mass is 32.1. The summed E-state index contributed by atoms with van der Waals surface area (Å²) in [5.74, 6) is 0. The zero-order chi connectivity index (χ0) is 10.8. The second kappa shape index (κ2) is 4.36. The molecule has 0 spiro atoms. The van der Waals surface area contributed by atoms with E-state index in [4.69, 9.17) is 0 Å². The topological polar surface area (TPSA) is 37.8 Å². The third-order valence-corrected chi connectivity index (χ3v) is 3.03. The summed E-state index contributed by atoms with van der Waals surface area (Å²) in [5.41, 5.74) is 1.21. The van der Waals surface area contributed by atoms with E-state index in [-0.39, 0.29) is 5.41 Å². The van der Waals surface area contributed by atoms with E-state index in [2.05, 4.69) is 49.5 Å². The van der Waals surface area contributed by atoms with Gasteiger partial charge >= 0.3 is 0 Å². The molecule has 0 aliphatic heterocycles. The fourth-order valence-electron chi connectivity index (χ4n) is 1.40. The van der Waals surface area contributed by atoms with Gasteiger partial charge in [0, 0.05) is 11.5 Å². The van der Waals surface area contributed by atoms with E-state index in [0.29, 0.717) is 6.04 Å². The van der Waals surface area contributed by atoms with E-state index in [9.17, 15) is 0 Å². The molecule has 3 nitrogen and oxygen atoms in total. The smallest absolute Gasteiger partial charge is 0.0856 e. The fourth-order valence-corrected chi connectivity index (χ4v) is 2.29. The average molecular weight is 213 g/mol. The van der Waals surface area contributed by atoms with E-state index >= 15 is 0 Å². The van der Waals surface area contributed by atoms with Crippen LogP contribution in [0.1, 0.15) is 51.2 Å². The van der Waals surface area contributed by atoms with Gasteiger partial charge in [0.05, 0.1) is 10.6 Å². The Hall–Kier alpha value is -0.480. The third-order valence-electron chi connectivity index (χ3n) is 2.13. The largest absolute Gasteiger partial charge is 0.310 e. The molecule has 1 atom stereocenters. The minimum atomic E-state index is 0.0893. The van der Waals surface area contributed by atoms with Crippen LogP contribution in [-0.2, 0) is 5.41 Å². The Labute approximate surface area is 90.1 Å². The zero-order valence-electron chi connectivity index (χ0n) is 9.59. The van der Waals surface area contributed by atoms with Gasteiger partial charge in [0.2, 0.25) is 0 Å². The maximum absolute atomic E-state index is 4.22. The quantitative estimate of drug-likeness (QED) is 0.838. The third kappa shape index (κ3) is 2.51. The van der Waals surface area contributed by atoms with Crippen molar-refractivity contribution in [3.63, 3.8) is 0 Å². The van der Waals surface area contributed by atoms with Gasteiger partial charge in [-0.05, 0) is 25.0 Å². The van der Waals surface area contributed by atoms with Crippen molar-refractivity contribution in [3.05, 3.63) is 10.6 Å². The molecule has 1 aromatic rings. The maximum Gasteiger partial charge on any atom is 0.0856 e. The minimum Gasteiger partial charge on any atom is -0.310 e. The van der Waals surface area contributed by atoms with E-state index in [1.165, 1.54) is 16.4 Å². The second-order valence-corrected chi connectivity index (χ2v) is 5.30. The predicted molar refractivity (Wildman–Crippen MR) is 60.7 cm³/mol. The van der Waals surface area contributed by atoms with Crippen LogP contribution < -0.4 is 5.32 Å². The molecule has 0 saturated carbocycles. The van der Waals surface area contributed by atoms with Gasteiger partial charge in [0.15, 0.2) is 0 Å². The van der Waals surface area contributed by atoms with Crippen LogP contribution in [0.3, 0.4) is 0 Å². The predicted octanol–water partition coefficient (Wildman–Crippen LogP) is 2.51. The molecule has 80 valence electrons. The molecular weight excluding hydrogens is 194 g/mol. The summed E-state index contributed by atoms with van der Waals surface area (Å²) in [5, 5.41) is 7.61. The Morgan fingerprint density at radius 1 is 1.43 bits per heavy atom. The van der Waals surface area contributed by atoms with Crippen LogP contribution in [0.2, 0.25) is 0 Å². The summed E-state index contributed by atoms with van der Waals surface area (Å²) in [6, 6.07) is 0.356. The molecule has 0 aliphatic rings. The van der Waals surface area contributed by atoms with Crippen molar-refractivity contribution in [1.29, 1.82) is 0 Å². The van der Waals surface area contributed by atoms with Crippen LogP contribution in [0.15, 0.2) is 0 Å². The molecule has 0 aromatic carbocycles. The first-order valence-corrected chi connectivity index (χ1v) is 5.80. The van der Waals surface area contributed by atoms with Crippen molar-refractivity contribution in [2.75, 3.05) is 6.54 Å². The molecule has 1 heterocycles. The molecule has 0 aliphatic carbocycles. The Morgan fingerprint density at radius 2 is 2.07 bits per heavy atom. The number of nitrogens with one attached hydrogen (secondary N) is 1. The molecule has 4 heteroatoms. The Balaban J connectivity index is 2.93. The van der Waals surface area contributed by atoms with Gasteiger partial charge in [-0.3, -0.25) is 0 Å². The van der Waals surface area contributed by atoms with Gasteiger partial charge < -0.3 is 5.32 Å². The molecule has 0 bridgehead atoms. The van der Waals surface area contributed by atoms with Crippen LogP contribution in [0.25, 0.3) is 0 Å². The highest BCUT2D eigenvalue weighted by Crippen LogP contribution is 2.29. The molecular formula is C10H19N3S. The average Bonchev–Trinajstić information content (AvgIpc) is 2.50. The van der Waals surface area contributed by atoms with Crippen molar-refractivity contribution < 1.29 is 0 Å². The standard InChI is InChI=1S/C10H19N3S/c1-6-11-7(2)8-9(10(3,4)5)12-13-14-8/h7,11H,6H2,1-5H3. The first-order chi connectivity index (χ1) is 6.46. The Morgan fingerprint density at radius 3 is 2.57 bits per heavy atom. The first kappa shape index (κ1) is 11.6. The van der Waals surface area contributed by atoms with E-state index in [1.54, 1.807) is 0 Å². The SMILES string of the molecule is CCNC(C)c1snnc1C(C)(C)C. The normalized spacial score (nSPS) is 14.4. The summed E-state index contributed by atoms with van der Waals surface area (Å²) in [4.78, 5) is 1.26. The van der Waals surface area contributed by atoms with E-state index in [1.807, 2.05) is 0 Å². The molecule has 0 radical (unpaired) electrons. The van der Waals surface area contributed by atoms with Crippen molar-refractivity contribution in [1.82, 2.24) is 14.9 Å². The Kier molecular flexibility index (Phi) is 3.61. The number of rotatable bonds is 3. The summed E-state index contributed by atoms with van der Waals surface area (Å²) in [6.45, 7) is 11.8. The van der Waals surface area contributed by atoms with Crippen molar-refractivity contribution in [2.24, 2.45) is 0 Å². The van der Waals surface area contributed by atoms with Crippen LogP contribution in [0.4, 0.5) is 0 Å². The van der Waals surface area contributed by atoms with Gasteiger partial charge in [-0.25, -0.2) is 0 Å². The lowest BCUT2D eigenvalue weighted by atomic mass is 9.90. The monoisotopic (exact) mass is 213 g/mol. The molecule has 0 fully saturated rings. The van der Waals surface area contributed by atoms with Crippen LogP contribution >= 0.6 is 11.5 Å². The number of hydrogen-bond acceptors (Lipinski definition) is 4. The molecule has 1 N–H and O–H groups in total. The lowest BCUT2D eigenvalue weighted by Gasteiger charge is -2.19. The van der Waals surface area contributed by atoms with Crippen LogP contribution in [0.5, 0.6) is 0 Å². The minimum absolute atomic E-state index is 0.0893. The lowest BCUT2D eigenvalue weighted by molar-refractivity contribution is 0.534. The van der Waals surface area contributed by atoms with Gasteiger partial charge in [-0.2, -0.15) is 0 Å². The number of aromatic nitrogens is 2. The summed E-state index contributed by atoms with van der Waals surface area (Å²) >= 11 is 1.50. The summed E-state index contributed by atoms with van der Waals surface area (Å²) in [7, 11) is 0. The van der Waals surface area contributed by atoms with Crippen molar-refractivity contribution in [3.8, 4) is 0 Å². The number of nitrogens with zero attached hydrogens (tertiary/aromatic N) is 2. The highest BCUT2D eigenvalue weighted by Gasteiger charge is 2.24. The number of hydrogen-bond donors (Lipinski definition) is 1. The summed E-state index contributed by atoms with van der Waals surface area (Å²) in [6.07, 6.45) is 0.